The van der Waals surface area contributed by atoms with E-state index in [9.17, 15) is 4.79 Å². The van der Waals surface area contributed by atoms with Gasteiger partial charge >= 0.3 is 0 Å². The van der Waals surface area contributed by atoms with Crippen molar-refractivity contribution in [2.24, 2.45) is 0 Å². The maximum atomic E-state index is 12.3. The first-order valence-electron chi connectivity index (χ1n) is 6.75. The normalized spacial score (nSPS) is 22.2. The maximum Gasteiger partial charge on any atom is 0.261 e. The van der Waals surface area contributed by atoms with E-state index in [1.807, 2.05) is 18.2 Å². The summed E-state index contributed by atoms with van der Waals surface area (Å²) in [7, 11) is 0. The van der Waals surface area contributed by atoms with Crippen molar-refractivity contribution in [1.29, 1.82) is 0 Å². The fourth-order valence-electron chi connectivity index (χ4n) is 2.61. The van der Waals surface area contributed by atoms with Gasteiger partial charge in [-0.1, -0.05) is 18.2 Å². The Kier molecular flexibility index (Phi) is 5.02. The van der Waals surface area contributed by atoms with Crippen molar-refractivity contribution in [3.05, 3.63) is 35.2 Å². The molecule has 2 unspecified atom stereocenters. The lowest BCUT2D eigenvalue weighted by molar-refractivity contribution is 0.0930. The maximum absolute atomic E-state index is 12.3. The van der Waals surface area contributed by atoms with Crippen LogP contribution in [-0.2, 0) is 0 Å². The highest BCUT2D eigenvalue weighted by molar-refractivity contribution is 7.20. The van der Waals surface area contributed by atoms with Crippen LogP contribution in [0, 0.1) is 0 Å². The molecule has 0 spiro atoms. The molecule has 3 nitrogen and oxygen atoms in total. The summed E-state index contributed by atoms with van der Waals surface area (Å²) < 4.78 is 1.17. The third-order valence-electron chi connectivity index (χ3n) is 3.61. The molecule has 0 radical (unpaired) electrons. The molecule has 2 atom stereocenters. The van der Waals surface area contributed by atoms with Gasteiger partial charge in [-0.15, -0.1) is 23.7 Å². The lowest BCUT2D eigenvalue weighted by Crippen LogP contribution is -2.46. The third kappa shape index (κ3) is 3.32. The van der Waals surface area contributed by atoms with Crippen molar-refractivity contribution in [1.82, 2.24) is 10.6 Å². The minimum absolute atomic E-state index is 0. The molecule has 2 aromatic rings. The lowest BCUT2D eigenvalue weighted by atomic mass is 10.0. The molecular weight excluding hydrogens is 292 g/mol. The smallest absolute Gasteiger partial charge is 0.261 e. The number of benzene rings is 1. The molecule has 1 aliphatic heterocycles. The van der Waals surface area contributed by atoms with Gasteiger partial charge in [0.05, 0.1) is 4.88 Å². The highest BCUT2D eigenvalue weighted by Crippen LogP contribution is 2.25. The Balaban J connectivity index is 0.00000147. The summed E-state index contributed by atoms with van der Waals surface area (Å²) >= 11 is 1.57. The number of halogens is 1. The average Bonchev–Trinajstić information content (AvgIpc) is 2.82. The van der Waals surface area contributed by atoms with Crippen LogP contribution in [0.4, 0.5) is 0 Å². The van der Waals surface area contributed by atoms with Gasteiger partial charge in [0.25, 0.3) is 5.91 Å². The topological polar surface area (TPSA) is 41.1 Å². The largest absolute Gasteiger partial charge is 0.349 e. The van der Waals surface area contributed by atoms with Gasteiger partial charge in [0, 0.05) is 16.8 Å². The summed E-state index contributed by atoms with van der Waals surface area (Å²) in [6, 6.07) is 10.9. The van der Waals surface area contributed by atoms with E-state index in [1.54, 1.807) is 11.3 Å². The summed E-state index contributed by atoms with van der Waals surface area (Å²) in [4.78, 5) is 13.1. The molecule has 108 valence electrons. The fraction of sp³-hybridized carbons (Fsp3) is 0.400. The zero-order valence-electron chi connectivity index (χ0n) is 11.4. The zero-order valence-corrected chi connectivity index (χ0v) is 13.0. The monoisotopic (exact) mass is 310 g/mol. The number of amides is 1. The molecule has 1 aromatic carbocycles. The van der Waals surface area contributed by atoms with Gasteiger partial charge in [0.15, 0.2) is 0 Å². The van der Waals surface area contributed by atoms with Gasteiger partial charge in [-0.05, 0) is 43.8 Å². The van der Waals surface area contributed by atoms with E-state index in [0.717, 1.165) is 29.6 Å². The highest BCUT2D eigenvalue weighted by Gasteiger charge is 2.21. The Morgan fingerprint density at radius 3 is 2.95 bits per heavy atom. The van der Waals surface area contributed by atoms with Crippen LogP contribution in [0.5, 0.6) is 0 Å². The minimum Gasteiger partial charge on any atom is -0.349 e. The van der Waals surface area contributed by atoms with E-state index in [-0.39, 0.29) is 18.3 Å². The van der Waals surface area contributed by atoms with Crippen molar-refractivity contribution in [3.8, 4) is 0 Å². The number of fused-ring (bicyclic) bond motifs is 1. The SMILES string of the molecule is CC1CC(NC(=O)c2cc3ccccc3s2)CCN1.Cl. The second kappa shape index (κ2) is 6.57. The molecule has 1 fully saturated rings. The molecule has 1 amide bonds. The molecule has 0 bridgehead atoms. The van der Waals surface area contributed by atoms with Gasteiger partial charge in [-0.2, -0.15) is 0 Å². The van der Waals surface area contributed by atoms with Crippen LogP contribution in [0.1, 0.15) is 29.4 Å². The van der Waals surface area contributed by atoms with E-state index >= 15 is 0 Å². The van der Waals surface area contributed by atoms with Gasteiger partial charge in [-0.25, -0.2) is 0 Å². The Morgan fingerprint density at radius 1 is 1.40 bits per heavy atom. The van der Waals surface area contributed by atoms with Crippen molar-refractivity contribution in [3.63, 3.8) is 0 Å². The predicted octanol–water partition coefficient (Wildman–Crippen LogP) is 3.19. The average molecular weight is 311 g/mol. The standard InChI is InChI=1S/C15H18N2OS.ClH/c1-10-8-12(6-7-16-10)17-15(18)14-9-11-4-2-3-5-13(11)19-14;/h2-5,9-10,12,16H,6-8H2,1H3,(H,17,18);1H. The molecule has 2 heterocycles. The zero-order chi connectivity index (χ0) is 13.2. The molecule has 1 aromatic heterocycles. The molecule has 0 saturated carbocycles. The van der Waals surface area contributed by atoms with E-state index < -0.39 is 0 Å². The third-order valence-corrected chi connectivity index (χ3v) is 4.72. The number of piperidine rings is 1. The van der Waals surface area contributed by atoms with E-state index in [2.05, 4.69) is 29.7 Å². The lowest BCUT2D eigenvalue weighted by Gasteiger charge is -2.28. The van der Waals surface area contributed by atoms with Crippen LogP contribution in [0.2, 0.25) is 0 Å². The predicted molar refractivity (Wildman–Crippen MR) is 87.0 cm³/mol. The van der Waals surface area contributed by atoms with Gasteiger partial charge in [0.1, 0.15) is 0 Å². The Bertz CT molecular complexity index is 565. The van der Waals surface area contributed by atoms with Gasteiger partial charge in [0.2, 0.25) is 0 Å². The molecule has 1 saturated heterocycles. The number of thiophene rings is 1. The molecular formula is C15H19ClN2OS. The van der Waals surface area contributed by atoms with E-state index in [0.29, 0.717) is 12.1 Å². The minimum atomic E-state index is 0. The van der Waals surface area contributed by atoms with Crippen LogP contribution in [0.3, 0.4) is 0 Å². The second-order valence-electron chi connectivity index (χ2n) is 5.20. The first kappa shape index (κ1) is 15.3. The molecule has 0 aliphatic carbocycles. The van der Waals surface area contributed by atoms with Crippen molar-refractivity contribution >= 4 is 39.7 Å². The van der Waals surface area contributed by atoms with Crippen LogP contribution in [0.15, 0.2) is 30.3 Å². The van der Waals surface area contributed by atoms with Crippen molar-refractivity contribution in [2.75, 3.05) is 6.54 Å². The van der Waals surface area contributed by atoms with Crippen molar-refractivity contribution in [2.45, 2.75) is 31.8 Å². The molecule has 1 aliphatic rings. The summed E-state index contributed by atoms with van der Waals surface area (Å²) in [6.45, 7) is 3.15. The summed E-state index contributed by atoms with van der Waals surface area (Å²) in [6.07, 6.45) is 2.03. The van der Waals surface area contributed by atoms with E-state index in [4.69, 9.17) is 0 Å². The molecule has 2 N–H and O–H groups in total. The van der Waals surface area contributed by atoms with Crippen LogP contribution < -0.4 is 10.6 Å². The number of carbonyl (C=O) groups excluding carboxylic acids is 1. The second-order valence-corrected chi connectivity index (χ2v) is 6.28. The molecule has 5 heteroatoms. The van der Waals surface area contributed by atoms with Crippen molar-refractivity contribution < 1.29 is 4.79 Å². The number of hydrogen-bond donors (Lipinski definition) is 2. The number of nitrogens with one attached hydrogen (secondary N) is 2. The molecule has 20 heavy (non-hydrogen) atoms. The fourth-order valence-corrected chi connectivity index (χ4v) is 3.58. The summed E-state index contributed by atoms with van der Waals surface area (Å²) in [5.41, 5.74) is 0. The first-order chi connectivity index (χ1) is 9.22. The van der Waals surface area contributed by atoms with Crippen LogP contribution in [-0.4, -0.2) is 24.5 Å². The first-order valence-corrected chi connectivity index (χ1v) is 7.57. The van der Waals surface area contributed by atoms with Crippen LogP contribution >= 0.6 is 23.7 Å². The van der Waals surface area contributed by atoms with Gasteiger partial charge in [-0.3, -0.25) is 4.79 Å². The summed E-state index contributed by atoms with van der Waals surface area (Å²) in [5, 5.41) is 7.71. The Morgan fingerprint density at radius 2 is 2.20 bits per heavy atom. The van der Waals surface area contributed by atoms with Crippen LogP contribution in [0.25, 0.3) is 10.1 Å². The number of carbonyl (C=O) groups is 1. The number of hydrogen-bond acceptors (Lipinski definition) is 3. The highest BCUT2D eigenvalue weighted by atomic mass is 35.5. The molecule has 3 rings (SSSR count). The summed E-state index contributed by atoms with van der Waals surface area (Å²) in [5.74, 6) is 0.0697. The van der Waals surface area contributed by atoms with Gasteiger partial charge < -0.3 is 10.6 Å². The van der Waals surface area contributed by atoms with E-state index in [1.165, 1.54) is 4.70 Å². The Labute approximate surface area is 129 Å². The number of rotatable bonds is 2. The quantitative estimate of drug-likeness (QED) is 0.894. The Hall–Kier alpha value is -1.10.